The number of aromatic nitrogens is 1. The van der Waals surface area contributed by atoms with Crippen molar-refractivity contribution in [1.29, 1.82) is 0 Å². The predicted octanol–water partition coefficient (Wildman–Crippen LogP) is 1.43. The molecule has 0 N–H and O–H groups in total. The third kappa shape index (κ3) is 8.69. The summed E-state index contributed by atoms with van der Waals surface area (Å²) in [4.78, 5) is 4.45. The average molecular weight is 631 g/mol. The Morgan fingerprint density at radius 2 is 1.64 bits per heavy atom. The molecule has 1 aliphatic rings. The summed E-state index contributed by atoms with van der Waals surface area (Å²) in [5.74, 6) is -0.693. The van der Waals surface area contributed by atoms with Gasteiger partial charge < -0.3 is 14.0 Å². The van der Waals surface area contributed by atoms with Crippen LogP contribution < -0.4 is 60.9 Å². The van der Waals surface area contributed by atoms with E-state index < -0.39 is 20.2 Å². The van der Waals surface area contributed by atoms with Gasteiger partial charge in [-0.05, 0) is 48.2 Å². The predicted molar refractivity (Wildman–Crippen MR) is 142 cm³/mol. The molecule has 8 nitrogen and oxygen atoms in total. The second-order valence-electron chi connectivity index (χ2n) is 7.83. The van der Waals surface area contributed by atoms with E-state index in [9.17, 15) is 25.9 Å². The number of fused-ring (bicyclic) bond motifs is 2. The summed E-state index contributed by atoms with van der Waals surface area (Å²) < 4.78 is 68.7. The second-order valence-corrected chi connectivity index (χ2v) is 14.8. The Balaban J connectivity index is 0.00000361. The van der Waals surface area contributed by atoms with Crippen molar-refractivity contribution in [2.45, 2.75) is 37.1 Å². The van der Waals surface area contributed by atoms with Crippen LogP contribution in [0.4, 0.5) is 5.00 Å². The van der Waals surface area contributed by atoms with Crippen LogP contribution in [0.25, 0.3) is 15.6 Å². The number of unbranched alkanes of at least 4 members (excludes halogenated alkanes) is 2. The minimum Gasteiger partial charge on any atom is -0.748 e. The molecule has 190 valence electrons. The average Bonchev–Trinajstić information content (AvgIpc) is 3.50. The van der Waals surface area contributed by atoms with Gasteiger partial charge in [-0.1, -0.05) is 40.5 Å². The Morgan fingerprint density at radius 1 is 0.944 bits per heavy atom. The fourth-order valence-corrected chi connectivity index (χ4v) is 9.25. The number of hydrogen-bond acceptors (Lipinski definition) is 11. The topological polar surface area (TPSA) is 122 Å². The zero-order valence-corrected chi connectivity index (χ0v) is 27.5. The Bertz CT molecular complexity index is 1450. The number of rotatable bonds is 12. The van der Waals surface area contributed by atoms with E-state index in [-0.39, 0.29) is 62.9 Å². The number of allylic oxidation sites excluding steroid dienone is 2. The molecule has 0 unspecified atom stereocenters. The summed E-state index contributed by atoms with van der Waals surface area (Å²) in [6.45, 7) is 1.26. The minimum absolute atomic E-state index is 0. The molecule has 4 heterocycles. The van der Waals surface area contributed by atoms with Crippen LogP contribution in [0.5, 0.6) is 0 Å². The molecule has 0 aliphatic carbocycles. The summed E-state index contributed by atoms with van der Waals surface area (Å²) >= 11 is 6.58. The maximum absolute atomic E-state index is 10.9. The molecule has 0 spiro atoms. The van der Waals surface area contributed by atoms with Gasteiger partial charge in [0.2, 0.25) is 0 Å². The Hall–Kier alpha value is 0.376. The van der Waals surface area contributed by atoms with Gasteiger partial charge in [-0.15, -0.1) is 11.3 Å². The largest absolute Gasteiger partial charge is 1.00 e. The number of anilines is 1. The second kappa shape index (κ2) is 13.6. The van der Waals surface area contributed by atoms with Gasteiger partial charge in [-0.25, -0.2) is 16.8 Å². The van der Waals surface area contributed by atoms with Crippen LogP contribution in [0.2, 0.25) is 0 Å². The summed E-state index contributed by atoms with van der Waals surface area (Å²) in [5.41, 5.74) is 0. The zero-order chi connectivity index (χ0) is 25.1. The SMILES string of the molecule is O=S(=O)([O-])CCCCN1C(=CC=Cc2sc3ccsc3[n+]2CCCCS(=O)(=O)[O-])Sc2ccsc21.[K+]. The molecule has 0 saturated heterocycles. The number of thiophene rings is 2. The summed E-state index contributed by atoms with van der Waals surface area (Å²) in [5, 5.41) is 7.26. The molecule has 3 aromatic rings. The molecule has 0 atom stereocenters. The van der Waals surface area contributed by atoms with E-state index in [2.05, 4.69) is 21.6 Å². The van der Waals surface area contributed by atoms with Gasteiger partial charge >= 0.3 is 51.4 Å². The first kappa shape index (κ1) is 30.9. The maximum atomic E-state index is 10.9. The van der Waals surface area contributed by atoms with Gasteiger partial charge in [0.25, 0.3) is 9.84 Å². The van der Waals surface area contributed by atoms with Crippen LogP contribution in [0.3, 0.4) is 0 Å². The van der Waals surface area contributed by atoms with Crippen molar-refractivity contribution in [2.75, 3.05) is 23.0 Å². The zero-order valence-electron chi connectivity index (χ0n) is 19.5. The molecule has 1 aliphatic heterocycles. The molecule has 0 bridgehead atoms. The van der Waals surface area contributed by atoms with E-state index in [0.29, 0.717) is 38.8 Å². The van der Waals surface area contributed by atoms with Crippen molar-refractivity contribution in [1.82, 2.24) is 0 Å². The van der Waals surface area contributed by atoms with Crippen LogP contribution in [0, 0.1) is 0 Å². The first-order chi connectivity index (χ1) is 16.6. The summed E-state index contributed by atoms with van der Waals surface area (Å²) in [6, 6.07) is 4.13. The number of thioether (sulfide) groups is 1. The standard InChI is InChI=1S/C21H24N2O6S6.K/c24-34(25,26)14-3-1-10-22-18(32-16-8-12-30-20(16)22)6-5-7-19-23(11-2-4-15-35(27,28)29)21-17(33-19)9-13-31-21;/h5-9,12-13H,1-4,10-11,14-15H2,(H-,24,25,26,27,28,29);/q;+1/p-1. The van der Waals surface area contributed by atoms with Crippen LogP contribution in [0.15, 0.2) is 45.0 Å². The van der Waals surface area contributed by atoms with E-state index in [1.165, 1.54) is 0 Å². The van der Waals surface area contributed by atoms with Crippen LogP contribution in [-0.2, 0) is 26.8 Å². The van der Waals surface area contributed by atoms with E-state index >= 15 is 0 Å². The summed E-state index contributed by atoms with van der Waals surface area (Å²) in [7, 11) is -8.39. The van der Waals surface area contributed by atoms with E-state index in [0.717, 1.165) is 29.5 Å². The van der Waals surface area contributed by atoms with Gasteiger partial charge in [0.1, 0.15) is 9.70 Å². The molecular weight excluding hydrogens is 608 g/mol. The molecule has 0 fully saturated rings. The van der Waals surface area contributed by atoms with E-state index in [4.69, 9.17) is 0 Å². The number of hydrogen-bond donors (Lipinski definition) is 0. The van der Waals surface area contributed by atoms with Gasteiger partial charge in [0.05, 0.1) is 25.3 Å². The molecule has 0 radical (unpaired) electrons. The van der Waals surface area contributed by atoms with Gasteiger partial charge in [-0.2, -0.15) is 4.57 Å². The molecular formula is C21H23KN2O6S6. The maximum Gasteiger partial charge on any atom is 1.00 e. The van der Waals surface area contributed by atoms with Crippen molar-refractivity contribution in [2.24, 2.45) is 0 Å². The van der Waals surface area contributed by atoms with Crippen molar-refractivity contribution in [3.8, 4) is 0 Å². The van der Waals surface area contributed by atoms with Crippen molar-refractivity contribution in [3.05, 3.63) is 45.1 Å². The van der Waals surface area contributed by atoms with Gasteiger partial charge in [0.15, 0.2) is 6.54 Å². The molecule has 0 aromatic carbocycles. The van der Waals surface area contributed by atoms with Crippen molar-refractivity contribution in [3.63, 3.8) is 0 Å². The van der Waals surface area contributed by atoms with Crippen molar-refractivity contribution >= 4 is 86.6 Å². The fraction of sp³-hybridized carbons (Fsp3) is 0.381. The molecule has 0 amide bonds. The Labute approximate surface area is 270 Å². The smallest absolute Gasteiger partial charge is 0.748 e. The summed E-state index contributed by atoms with van der Waals surface area (Å²) in [6.07, 6.45) is 7.91. The third-order valence-corrected chi connectivity index (χ3v) is 11.1. The van der Waals surface area contributed by atoms with Crippen molar-refractivity contribution < 1.29 is 81.9 Å². The number of thiazole rings is 1. The molecule has 0 saturated carbocycles. The molecule has 3 aromatic heterocycles. The first-order valence-corrected chi connectivity index (χ1v) is 17.3. The van der Waals surface area contributed by atoms with Crippen LogP contribution >= 0.6 is 45.8 Å². The molecule has 4 rings (SSSR count). The monoisotopic (exact) mass is 630 g/mol. The normalized spacial score (nSPS) is 15.3. The van der Waals surface area contributed by atoms with Gasteiger partial charge in [0, 0.05) is 35.4 Å². The minimum atomic E-state index is -4.20. The molecule has 36 heavy (non-hydrogen) atoms. The number of nitrogens with zero attached hydrogens (tertiary/aromatic N) is 2. The quantitative estimate of drug-likeness (QED) is 0.128. The number of aryl methyl sites for hydroxylation is 1. The van der Waals surface area contributed by atoms with Crippen LogP contribution in [0.1, 0.15) is 30.7 Å². The van der Waals surface area contributed by atoms with E-state index in [1.807, 2.05) is 29.0 Å². The third-order valence-electron chi connectivity index (χ3n) is 5.20. The molecule has 15 heteroatoms. The van der Waals surface area contributed by atoms with Crippen LogP contribution in [-0.4, -0.2) is 44.0 Å². The Kier molecular flexibility index (Phi) is 11.7. The fourth-order valence-electron chi connectivity index (χ4n) is 3.65. The Morgan fingerprint density at radius 3 is 2.36 bits per heavy atom. The van der Waals surface area contributed by atoms with Gasteiger partial charge in [-0.3, -0.25) is 0 Å². The first-order valence-electron chi connectivity index (χ1n) is 10.8. The van der Waals surface area contributed by atoms with E-state index in [1.54, 1.807) is 45.8 Å².